The number of ketones is 1. The number of carbonyl (C=O) groups is 1. The second-order valence-corrected chi connectivity index (χ2v) is 12.5. The molecule has 51 heavy (non-hydrogen) atoms. The summed E-state index contributed by atoms with van der Waals surface area (Å²) in [5, 5.41) is 8.62. The molecule has 0 unspecified atom stereocenters. The molecule has 4 heteroatoms. The predicted molar refractivity (Wildman–Crippen MR) is 207 cm³/mol. The second kappa shape index (κ2) is 13.6. The van der Waals surface area contributed by atoms with E-state index in [-0.39, 0.29) is 11.6 Å². The van der Waals surface area contributed by atoms with Gasteiger partial charge in [-0.25, -0.2) is 9.98 Å². The van der Waals surface area contributed by atoms with Gasteiger partial charge in [-0.05, 0) is 38.9 Å². The van der Waals surface area contributed by atoms with Gasteiger partial charge in [-0.3, -0.25) is 10.2 Å². The molecule has 1 N–H and O–H groups in total. The van der Waals surface area contributed by atoms with Crippen LogP contribution in [0.3, 0.4) is 0 Å². The summed E-state index contributed by atoms with van der Waals surface area (Å²) >= 11 is 0. The third kappa shape index (κ3) is 5.73. The highest BCUT2D eigenvalue weighted by Crippen LogP contribution is 2.52. The molecule has 0 spiro atoms. The lowest BCUT2D eigenvalue weighted by Crippen LogP contribution is -2.38. The van der Waals surface area contributed by atoms with Gasteiger partial charge in [-0.15, -0.1) is 0 Å². The van der Waals surface area contributed by atoms with Crippen LogP contribution in [0, 0.1) is 5.41 Å². The number of hydrogen-bond acceptors (Lipinski definition) is 2. The van der Waals surface area contributed by atoms with E-state index in [9.17, 15) is 4.79 Å². The summed E-state index contributed by atoms with van der Waals surface area (Å²) < 4.78 is 0. The van der Waals surface area contributed by atoms with Crippen molar-refractivity contribution in [1.29, 1.82) is 5.41 Å². The standard InChI is InChI=1S/C47H33N3O/c48-45(35-16-4-1-5-17-35)50-46(36-18-6-2-7-19-36)49-32-33-28-30-34(31-29-33)38-22-10-13-25-41(38)47(37-20-8-3-9-21-37)42-26-14-11-23-39(42)44(51)40-24-12-15-27-43(40)47/h1-32,48H. The van der Waals surface area contributed by atoms with Gasteiger partial charge < -0.3 is 0 Å². The van der Waals surface area contributed by atoms with Gasteiger partial charge in [0.2, 0.25) is 0 Å². The lowest BCUT2D eigenvalue weighted by atomic mass is 9.58. The molecule has 0 atom stereocenters. The van der Waals surface area contributed by atoms with Gasteiger partial charge in [0.15, 0.2) is 17.5 Å². The molecule has 0 amide bonds. The van der Waals surface area contributed by atoms with Gasteiger partial charge in [0.05, 0.1) is 5.41 Å². The quantitative estimate of drug-likeness (QED) is 0.141. The van der Waals surface area contributed by atoms with Crippen LogP contribution < -0.4 is 0 Å². The maximum absolute atomic E-state index is 13.9. The van der Waals surface area contributed by atoms with Crippen molar-refractivity contribution in [3.05, 3.63) is 238 Å². The SMILES string of the molecule is N=C(N=C(N=Cc1ccc(-c2ccccc2C2(c3ccccc3)c3ccccc3C(=O)c3ccccc32)cc1)c1ccccc1)c1ccccc1. The number of benzene rings is 7. The molecule has 0 heterocycles. The Balaban J connectivity index is 1.23. The molecule has 4 nitrogen and oxygen atoms in total. The van der Waals surface area contributed by atoms with E-state index in [4.69, 9.17) is 10.4 Å². The normalized spacial score (nSPS) is 13.4. The first kappa shape index (κ1) is 31.5. The number of nitrogens with zero attached hydrogens (tertiary/aromatic N) is 2. The Morgan fingerprint density at radius 1 is 0.490 bits per heavy atom. The molecule has 0 saturated carbocycles. The number of aliphatic imine (C=N–C) groups is 2. The Hall–Kier alpha value is -6.78. The van der Waals surface area contributed by atoms with E-state index in [2.05, 4.69) is 89.9 Å². The molecule has 0 saturated heterocycles. The van der Waals surface area contributed by atoms with Crippen LogP contribution in [0.15, 0.2) is 198 Å². The summed E-state index contributed by atoms with van der Waals surface area (Å²) in [5.74, 6) is 0.664. The van der Waals surface area contributed by atoms with Crippen molar-refractivity contribution in [2.75, 3.05) is 0 Å². The molecule has 8 rings (SSSR count). The third-order valence-corrected chi connectivity index (χ3v) is 9.54. The average Bonchev–Trinajstić information content (AvgIpc) is 3.21. The zero-order chi connectivity index (χ0) is 34.6. The number of nitrogens with one attached hydrogen (secondary N) is 1. The number of rotatable bonds is 6. The average molecular weight is 656 g/mol. The Morgan fingerprint density at radius 3 is 1.51 bits per heavy atom. The van der Waals surface area contributed by atoms with Crippen molar-refractivity contribution in [2.24, 2.45) is 9.98 Å². The summed E-state index contributed by atoms with van der Waals surface area (Å²) in [7, 11) is 0. The summed E-state index contributed by atoms with van der Waals surface area (Å²) in [4.78, 5) is 23.3. The maximum atomic E-state index is 13.9. The molecule has 0 radical (unpaired) electrons. The fraction of sp³-hybridized carbons (Fsp3) is 0.0213. The molecule has 7 aromatic rings. The molecule has 0 aliphatic heterocycles. The molecule has 242 valence electrons. The number of fused-ring (bicyclic) bond motifs is 2. The first-order valence-electron chi connectivity index (χ1n) is 17.0. The molecular formula is C47H33N3O. The summed E-state index contributed by atoms with van der Waals surface area (Å²) in [6.07, 6.45) is 1.80. The van der Waals surface area contributed by atoms with E-state index in [1.165, 1.54) is 0 Å². The zero-order valence-electron chi connectivity index (χ0n) is 27.8. The smallest absolute Gasteiger partial charge is 0.193 e. The highest BCUT2D eigenvalue weighted by molar-refractivity contribution is 6.14. The van der Waals surface area contributed by atoms with Crippen LogP contribution in [0.25, 0.3) is 11.1 Å². The van der Waals surface area contributed by atoms with Crippen LogP contribution in [0.1, 0.15) is 54.9 Å². The lowest BCUT2D eigenvalue weighted by molar-refractivity contribution is 0.103. The van der Waals surface area contributed by atoms with Crippen LogP contribution in [-0.4, -0.2) is 23.7 Å². The Morgan fingerprint density at radius 2 is 0.941 bits per heavy atom. The number of hydrogen-bond donors (Lipinski definition) is 1. The van der Waals surface area contributed by atoms with E-state index < -0.39 is 5.41 Å². The van der Waals surface area contributed by atoms with Crippen molar-refractivity contribution in [3.63, 3.8) is 0 Å². The van der Waals surface area contributed by atoms with Crippen molar-refractivity contribution < 1.29 is 4.79 Å². The minimum absolute atomic E-state index is 0.0474. The van der Waals surface area contributed by atoms with Gasteiger partial charge in [0.1, 0.15) is 0 Å². The first-order valence-corrected chi connectivity index (χ1v) is 17.0. The van der Waals surface area contributed by atoms with E-state index in [0.29, 0.717) is 5.84 Å². The van der Waals surface area contributed by atoms with Crippen LogP contribution in [0.4, 0.5) is 0 Å². The van der Waals surface area contributed by atoms with Gasteiger partial charge in [-0.2, -0.15) is 0 Å². The molecule has 1 aliphatic carbocycles. The third-order valence-electron chi connectivity index (χ3n) is 9.54. The fourth-order valence-electron chi connectivity index (χ4n) is 7.22. The van der Waals surface area contributed by atoms with Gasteiger partial charge >= 0.3 is 0 Å². The Kier molecular flexibility index (Phi) is 8.41. The molecular weight excluding hydrogens is 623 g/mol. The highest BCUT2D eigenvalue weighted by Gasteiger charge is 2.47. The minimum Gasteiger partial charge on any atom is -0.289 e. The molecule has 0 aromatic heterocycles. The number of amidine groups is 2. The fourth-order valence-corrected chi connectivity index (χ4v) is 7.22. The van der Waals surface area contributed by atoms with Gasteiger partial charge in [0, 0.05) is 28.5 Å². The summed E-state index contributed by atoms with van der Waals surface area (Å²) in [6.45, 7) is 0. The van der Waals surface area contributed by atoms with Crippen LogP contribution >= 0.6 is 0 Å². The van der Waals surface area contributed by atoms with Crippen LogP contribution in [0.5, 0.6) is 0 Å². The maximum Gasteiger partial charge on any atom is 0.193 e. The van der Waals surface area contributed by atoms with Gasteiger partial charge in [-0.1, -0.05) is 188 Å². The van der Waals surface area contributed by atoms with Gasteiger partial charge in [0.25, 0.3) is 0 Å². The summed E-state index contributed by atoms with van der Waals surface area (Å²) in [6, 6.07) is 62.7. The summed E-state index contributed by atoms with van der Waals surface area (Å²) in [5.41, 5.74) is 9.45. The van der Waals surface area contributed by atoms with Crippen molar-refractivity contribution in [1.82, 2.24) is 0 Å². The van der Waals surface area contributed by atoms with Crippen molar-refractivity contribution >= 4 is 23.7 Å². The van der Waals surface area contributed by atoms with E-state index >= 15 is 0 Å². The zero-order valence-corrected chi connectivity index (χ0v) is 27.8. The largest absolute Gasteiger partial charge is 0.289 e. The predicted octanol–water partition coefficient (Wildman–Crippen LogP) is 10.2. The van der Waals surface area contributed by atoms with E-state index in [1.54, 1.807) is 6.21 Å². The monoisotopic (exact) mass is 655 g/mol. The van der Waals surface area contributed by atoms with Crippen molar-refractivity contribution in [2.45, 2.75) is 5.41 Å². The first-order chi connectivity index (χ1) is 25.1. The molecule has 7 aromatic carbocycles. The second-order valence-electron chi connectivity index (χ2n) is 12.5. The van der Waals surface area contributed by atoms with Crippen LogP contribution in [0.2, 0.25) is 0 Å². The topological polar surface area (TPSA) is 65.6 Å². The van der Waals surface area contributed by atoms with E-state index in [1.807, 2.05) is 103 Å². The molecule has 0 bridgehead atoms. The van der Waals surface area contributed by atoms with Crippen LogP contribution in [-0.2, 0) is 5.41 Å². The Bertz CT molecular complexity index is 2380. The number of carbonyl (C=O) groups excluding carboxylic acids is 1. The highest BCUT2D eigenvalue weighted by atomic mass is 16.1. The lowest BCUT2D eigenvalue weighted by Gasteiger charge is -2.42. The Labute approximate surface area is 297 Å². The molecule has 1 aliphatic rings. The molecule has 0 fully saturated rings. The van der Waals surface area contributed by atoms with Crippen molar-refractivity contribution in [3.8, 4) is 11.1 Å². The minimum atomic E-state index is -0.733. The van der Waals surface area contributed by atoms with E-state index in [0.717, 1.165) is 61.2 Å².